The van der Waals surface area contributed by atoms with E-state index in [1.54, 1.807) is 0 Å². The van der Waals surface area contributed by atoms with Crippen LogP contribution in [0.25, 0.3) is 10.9 Å². The number of aromatic nitrogens is 4. The number of aryl methyl sites for hydroxylation is 1. The molecule has 0 aliphatic carbocycles. The summed E-state index contributed by atoms with van der Waals surface area (Å²) in [7, 11) is 0. The van der Waals surface area contributed by atoms with Crippen molar-refractivity contribution in [1.82, 2.24) is 25.1 Å². The number of nitrogens with zero attached hydrogens (tertiary/aromatic N) is 3. The maximum atomic E-state index is 4.25. The van der Waals surface area contributed by atoms with Crippen LogP contribution < -0.4 is 5.32 Å². The van der Waals surface area contributed by atoms with E-state index in [-0.39, 0.29) is 0 Å². The van der Waals surface area contributed by atoms with E-state index in [2.05, 4.69) is 50.2 Å². The Morgan fingerprint density at radius 2 is 2.29 bits per heavy atom. The molecule has 0 bridgehead atoms. The Kier molecular flexibility index (Phi) is 4.01. The summed E-state index contributed by atoms with van der Waals surface area (Å²) in [6.45, 7) is 7.16. The van der Waals surface area contributed by atoms with Gasteiger partial charge >= 0.3 is 0 Å². The SMILES string of the molecule is Cc1nccn1CC(C)CNCc1ccc2cn[nH]c2c1. The maximum Gasteiger partial charge on any atom is 0.105 e. The van der Waals surface area contributed by atoms with Crippen molar-refractivity contribution in [2.24, 2.45) is 5.92 Å². The zero-order valence-electron chi connectivity index (χ0n) is 12.5. The molecule has 2 heterocycles. The molecule has 1 aromatic carbocycles. The van der Waals surface area contributed by atoms with Crippen LogP contribution in [0.5, 0.6) is 0 Å². The van der Waals surface area contributed by atoms with Gasteiger partial charge in [0.2, 0.25) is 0 Å². The lowest BCUT2D eigenvalue weighted by atomic mass is 10.1. The molecule has 0 aliphatic rings. The van der Waals surface area contributed by atoms with Gasteiger partial charge in [-0.3, -0.25) is 5.10 Å². The minimum absolute atomic E-state index is 0.564. The fraction of sp³-hybridized carbons (Fsp3) is 0.375. The molecule has 1 atom stereocenters. The van der Waals surface area contributed by atoms with E-state index in [9.17, 15) is 0 Å². The number of hydrogen-bond acceptors (Lipinski definition) is 3. The van der Waals surface area contributed by atoms with Crippen molar-refractivity contribution in [1.29, 1.82) is 0 Å². The predicted molar refractivity (Wildman–Crippen MR) is 83.9 cm³/mol. The van der Waals surface area contributed by atoms with Crippen LogP contribution in [0.15, 0.2) is 36.8 Å². The average Bonchev–Trinajstić information content (AvgIpc) is 3.08. The first-order valence-corrected chi connectivity index (χ1v) is 7.33. The molecule has 2 aromatic heterocycles. The second-order valence-corrected chi connectivity index (χ2v) is 5.65. The maximum absolute atomic E-state index is 4.25. The summed E-state index contributed by atoms with van der Waals surface area (Å²) in [6.07, 6.45) is 5.75. The Bertz CT molecular complexity index is 712. The van der Waals surface area contributed by atoms with E-state index in [4.69, 9.17) is 0 Å². The number of benzene rings is 1. The largest absolute Gasteiger partial charge is 0.335 e. The van der Waals surface area contributed by atoms with Crippen LogP contribution in [0.3, 0.4) is 0 Å². The van der Waals surface area contributed by atoms with Crippen molar-refractivity contribution < 1.29 is 0 Å². The molecule has 2 N–H and O–H groups in total. The monoisotopic (exact) mass is 283 g/mol. The quantitative estimate of drug-likeness (QED) is 0.730. The van der Waals surface area contributed by atoms with Crippen LogP contribution in [0.4, 0.5) is 0 Å². The van der Waals surface area contributed by atoms with Gasteiger partial charge in [0.25, 0.3) is 0 Å². The second kappa shape index (κ2) is 6.10. The number of nitrogens with one attached hydrogen (secondary N) is 2. The molecule has 0 radical (unpaired) electrons. The summed E-state index contributed by atoms with van der Waals surface area (Å²) in [5.74, 6) is 1.64. The van der Waals surface area contributed by atoms with E-state index < -0.39 is 0 Å². The smallest absolute Gasteiger partial charge is 0.105 e. The molecule has 3 aromatic rings. The lowest BCUT2D eigenvalue weighted by molar-refractivity contribution is 0.440. The van der Waals surface area contributed by atoms with Crippen LogP contribution in [-0.4, -0.2) is 26.3 Å². The lowest BCUT2D eigenvalue weighted by Crippen LogP contribution is -2.24. The third-order valence-corrected chi connectivity index (χ3v) is 3.76. The molecule has 5 nitrogen and oxygen atoms in total. The van der Waals surface area contributed by atoms with Gasteiger partial charge < -0.3 is 9.88 Å². The van der Waals surface area contributed by atoms with E-state index in [1.807, 2.05) is 25.5 Å². The average molecular weight is 283 g/mol. The van der Waals surface area contributed by atoms with Crippen molar-refractivity contribution in [2.45, 2.75) is 26.9 Å². The Morgan fingerprint density at radius 3 is 3.10 bits per heavy atom. The van der Waals surface area contributed by atoms with Gasteiger partial charge in [-0.25, -0.2) is 4.98 Å². The van der Waals surface area contributed by atoms with Gasteiger partial charge in [0.15, 0.2) is 0 Å². The Morgan fingerprint density at radius 1 is 1.38 bits per heavy atom. The zero-order chi connectivity index (χ0) is 14.7. The summed E-state index contributed by atoms with van der Waals surface area (Å²) >= 11 is 0. The third-order valence-electron chi connectivity index (χ3n) is 3.76. The number of fused-ring (bicyclic) bond motifs is 1. The molecule has 0 aliphatic heterocycles. The van der Waals surface area contributed by atoms with Gasteiger partial charge in [-0.15, -0.1) is 0 Å². The molecule has 0 amide bonds. The van der Waals surface area contributed by atoms with Gasteiger partial charge in [0.1, 0.15) is 5.82 Å². The predicted octanol–water partition coefficient (Wildman–Crippen LogP) is 2.49. The van der Waals surface area contributed by atoms with Crippen molar-refractivity contribution in [3.8, 4) is 0 Å². The van der Waals surface area contributed by atoms with Crippen molar-refractivity contribution >= 4 is 10.9 Å². The topological polar surface area (TPSA) is 58.5 Å². The van der Waals surface area contributed by atoms with Crippen LogP contribution >= 0.6 is 0 Å². The zero-order valence-corrected chi connectivity index (χ0v) is 12.5. The molecule has 0 saturated carbocycles. The van der Waals surface area contributed by atoms with E-state index >= 15 is 0 Å². The summed E-state index contributed by atoms with van der Waals surface area (Å²) in [5, 5.41) is 11.7. The van der Waals surface area contributed by atoms with Crippen molar-refractivity contribution in [3.05, 3.63) is 48.2 Å². The van der Waals surface area contributed by atoms with E-state index in [0.717, 1.165) is 36.4 Å². The van der Waals surface area contributed by atoms with Gasteiger partial charge in [0.05, 0.1) is 11.7 Å². The first-order valence-electron chi connectivity index (χ1n) is 7.33. The summed E-state index contributed by atoms with van der Waals surface area (Å²) < 4.78 is 2.20. The Balaban J connectivity index is 1.50. The van der Waals surface area contributed by atoms with Crippen LogP contribution in [0.1, 0.15) is 18.3 Å². The van der Waals surface area contributed by atoms with Crippen LogP contribution in [0, 0.1) is 12.8 Å². The number of hydrogen-bond donors (Lipinski definition) is 2. The molecule has 1 unspecified atom stereocenters. The number of rotatable bonds is 6. The third kappa shape index (κ3) is 3.31. The molecule has 0 fully saturated rings. The molecule has 0 spiro atoms. The molecule has 21 heavy (non-hydrogen) atoms. The Hall–Kier alpha value is -2.14. The number of imidazole rings is 1. The first kappa shape index (κ1) is 13.8. The number of H-pyrrole nitrogens is 1. The van der Waals surface area contributed by atoms with E-state index in [1.165, 1.54) is 5.56 Å². The Labute approximate surface area is 124 Å². The highest BCUT2D eigenvalue weighted by atomic mass is 15.1. The highest BCUT2D eigenvalue weighted by Gasteiger charge is 2.05. The summed E-state index contributed by atoms with van der Waals surface area (Å²) in [6, 6.07) is 6.41. The highest BCUT2D eigenvalue weighted by molar-refractivity contribution is 5.78. The summed E-state index contributed by atoms with van der Waals surface area (Å²) in [4.78, 5) is 4.25. The molecule has 0 saturated heterocycles. The fourth-order valence-electron chi connectivity index (χ4n) is 2.55. The second-order valence-electron chi connectivity index (χ2n) is 5.65. The molecule has 110 valence electrons. The molecular weight excluding hydrogens is 262 g/mol. The highest BCUT2D eigenvalue weighted by Crippen LogP contribution is 2.12. The lowest BCUT2D eigenvalue weighted by Gasteiger charge is -2.14. The number of aromatic amines is 1. The fourth-order valence-corrected chi connectivity index (χ4v) is 2.55. The molecule has 5 heteroatoms. The van der Waals surface area contributed by atoms with Crippen molar-refractivity contribution in [3.63, 3.8) is 0 Å². The van der Waals surface area contributed by atoms with Gasteiger partial charge in [-0.1, -0.05) is 19.1 Å². The normalized spacial score (nSPS) is 12.9. The molecular formula is C16H21N5. The van der Waals surface area contributed by atoms with Crippen molar-refractivity contribution in [2.75, 3.05) is 6.54 Å². The van der Waals surface area contributed by atoms with Crippen LogP contribution in [-0.2, 0) is 13.1 Å². The first-order chi connectivity index (χ1) is 10.2. The van der Waals surface area contributed by atoms with Crippen LogP contribution in [0.2, 0.25) is 0 Å². The van der Waals surface area contributed by atoms with Gasteiger partial charge in [0, 0.05) is 30.9 Å². The standard InChI is InChI=1S/C16H21N5/c1-12(11-21-6-5-18-13(21)2)8-17-9-14-3-4-15-10-19-20-16(15)7-14/h3-7,10,12,17H,8-9,11H2,1-2H3,(H,19,20). The van der Waals surface area contributed by atoms with Gasteiger partial charge in [-0.05, 0) is 31.0 Å². The summed E-state index contributed by atoms with van der Waals surface area (Å²) in [5.41, 5.74) is 2.37. The minimum Gasteiger partial charge on any atom is -0.335 e. The molecule has 3 rings (SSSR count). The minimum atomic E-state index is 0.564. The van der Waals surface area contributed by atoms with E-state index in [0.29, 0.717) is 5.92 Å². The van der Waals surface area contributed by atoms with Gasteiger partial charge in [-0.2, -0.15) is 5.10 Å².